The molecular weight excluding hydrogens is 270 g/mol. The molecule has 0 amide bonds. The van der Waals surface area contributed by atoms with E-state index in [2.05, 4.69) is 46.3 Å². The number of hydrogen-bond acceptors (Lipinski definition) is 1. The molecule has 0 aromatic heterocycles. The molecule has 1 nitrogen and oxygen atoms in total. The molecular formula is C12H15OPSe. The zero-order chi connectivity index (χ0) is 10.9. The summed E-state index contributed by atoms with van der Waals surface area (Å²) in [7, 11) is 0. The molecule has 0 N–H and O–H groups in total. The predicted molar refractivity (Wildman–Crippen MR) is 67.3 cm³/mol. The second kappa shape index (κ2) is 4.37. The van der Waals surface area contributed by atoms with Crippen molar-refractivity contribution in [2.24, 2.45) is 5.92 Å². The molecule has 80 valence electrons. The fraction of sp³-hybridized carbons (Fsp3) is 0.417. The summed E-state index contributed by atoms with van der Waals surface area (Å²) < 4.78 is 0. The van der Waals surface area contributed by atoms with Gasteiger partial charge in [-0.15, -0.1) is 0 Å². The molecule has 2 atom stereocenters. The number of ketones is 1. The van der Waals surface area contributed by atoms with Crippen LogP contribution in [0.2, 0.25) is 0 Å². The van der Waals surface area contributed by atoms with Gasteiger partial charge in [-0.3, -0.25) is 0 Å². The Morgan fingerprint density at radius 2 is 2.00 bits per heavy atom. The van der Waals surface area contributed by atoms with Crippen molar-refractivity contribution in [2.45, 2.75) is 13.3 Å². The minimum atomic E-state index is -1.16. The zero-order valence-electron chi connectivity index (χ0n) is 8.85. The summed E-state index contributed by atoms with van der Waals surface area (Å²) in [4.78, 5) is 11.5. The van der Waals surface area contributed by atoms with Crippen molar-refractivity contribution in [3.8, 4) is 0 Å². The molecule has 1 heterocycles. The molecule has 15 heavy (non-hydrogen) atoms. The van der Waals surface area contributed by atoms with Crippen LogP contribution in [0.25, 0.3) is 0 Å². The Labute approximate surface area is 98.5 Å². The van der Waals surface area contributed by atoms with Crippen LogP contribution in [0.3, 0.4) is 0 Å². The van der Waals surface area contributed by atoms with E-state index in [1.165, 1.54) is 5.30 Å². The summed E-state index contributed by atoms with van der Waals surface area (Å²) in [5, 5.41) is 1.43. The van der Waals surface area contributed by atoms with Gasteiger partial charge in [-0.05, 0) is 0 Å². The van der Waals surface area contributed by atoms with Crippen LogP contribution in [0.15, 0.2) is 30.3 Å². The predicted octanol–water partition coefficient (Wildman–Crippen LogP) is 2.02. The first-order valence-corrected chi connectivity index (χ1v) is 9.66. The van der Waals surface area contributed by atoms with E-state index in [1.807, 2.05) is 6.07 Å². The summed E-state index contributed by atoms with van der Waals surface area (Å²) >= 11 is 3.42. The Morgan fingerprint density at radius 1 is 1.33 bits per heavy atom. The van der Waals surface area contributed by atoms with Crippen LogP contribution in [0.5, 0.6) is 0 Å². The molecule has 0 spiro atoms. The van der Waals surface area contributed by atoms with Crippen molar-refractivity contribution in [3.05, 3.63) is 30.3 Å². The first kappa shape index (κ1) is 11.3. The molecule has 0 bridgehead atoms. The van der Waals surface area contributed by atoms with Crippen LogP contribution in [0, 0.1) is 5.92 Å². The normalized spacial score (nSPS) is 31.5. The molecule has 0 radical (unpaired) electrons. The van der Waals surface area contributed by atoms with Crippen LogP contribution in [0.4, 0.5) is 0 Å². The zero-order valence-corrected chi connectivity index (χ0v) is 11.5. The van der Waals surface area contributed by atoms with Gasteiger partial charge in [0.25, 0.3) is 0 Å². The third-order valence-electron chi connectivity index (χ3n) is 3.06. The fourth-order valence-electron chi connectivity index (χ4n) is 2.11. The topological polar surface area (TPSA) is 17.1 Å². The van der Waals surface area contributed by atoms with Crippen LogP contribution in [-0.4, -0.2) is 33.2 Å². The van der Waals surface area contributed by atoms with E-state index in [9.17, 15) is 4.79 Å². The average Bonchev–Trinajstić information content (AvgIpc) is 2.26. The average molecular weight is 285 g/mol. The fourth-order valence-corrected chi connectivity index (χ4v) is 7.89. The Hall–Kier alpha value is -0.161. The van der Waals surface area contributed by atoms with Gasteiger partial charge in [-0.2, -0.15) is 0 Å². The molecule has 1 aromatic rings. The van der Waals surface area contributed by atoms with Gasteiger partial charge in [0, 0.05) is 0 Å². The first-order valence-electron chi connectivity index (χ1n) is 5.28. The van der Waals surface area contributed by atoms with Gasteiger partial charge in [0.15, 0.2) is 0 Å². The van der Waals surface area contributed by atoms with E-state index < -0.39 is 5.51 Å². The third-order valence-corrected chi connectivity index (χ3v) is 9.80. The molecule has 1 aliphatic rings. The van der Waals surface area contributed by atoms with Gasteiger partial charge in [-0.1, -0.05) is 0 Å². The van der Waals surface area contributed by atoms with Gasteiger partial charge >= 0.3 is 98.4 Å². The number of rotatable bonds is 1. The van der Waals surface area contributed by atoms with E-state index in [0.717, 1.165) is 18.7 Å². The van der Waals surface area contributed by atoms with Crippen LogP contribution >= 0.6 is 5.51 Å². The minimum absolute atomic E-state index is 0.244. The Kier molecular flexibility index (Phi) is 3.30. The number of hydrogen-bond donors (Lipinski definition) is 0. The van der Waals surface area contributed by atoms with Crippen molar-refractivity contribution < 1.29 is 4.79 Å². The molecule has 0 saturated carbocycles. The van der Waals surface area contributed by atoms with Crippen LogP contribution < -0.4 is 5.30 Å². The maximum atomic E-state index is 11.5. The quantitative estimate of drug-likeness (QED) is 0.570. The summed E-state index contributed by atoms with van der Waals surface area (Å²) in [5.74, 6) is 0.686. The standard InChI is InChI=1S/C12H15OPSe/c1-10-9-14(15,8-7-12(10)13)11-5-3-2-4-6-11/h2-6,10H,7-9H2,1H3/t10-,14+/m1/s1. The number of carbonyl (C=O) groups excluding carboxylic acids is 1. The number of Topliss-reactive ketones (excluding diaryl/α,β-unsaturated/α-hetero) is 1. The van der Waals surface area contributed by atoms with Gasteiger partial charge < -0.3 is 0 Å². The molecule has 1 aliphatic heterocycles. The van der Waals surface area contributed by atoms with Gasteiger partial charge in [0.05, 0.1) is 0 Å². The molecule has 0 aliphatic carbocycles. The third kappa shape index (κ3) is 2.33. The van der Waals surface area contributed by atoms with Gasteiger partial charge in [-0.25, -0.2) is 0 Å². The molecule has 1 fully saturated rings. The molecule has 2 rings (SSSR count). The SMILES string of the molecule is C[C@@H]1C[P@](=[Se])(c2ccccc2)CCC1=O. The summed E-state index contributed by atoms with van der Waals surface area (Å²) in [6, 6.07) is 10.6. The van der Waals surface area contributed by atoms with Crippen molar-refractivity contribution in [2.75, 3.05) is 12.3 Å². The van der Waals surface area contributed by atoms with Crippen LogP contribution in [-0.2, 0) is 4.79 Å². The van der Waals surface area contributed by atoms with E-state index >= 15 is 0 Å². The Balaban J connectivity index is 2.29. The van der Waals surface area contributed by atoms with E-state index in [1.54, 1.807) is 0 Å². The van der Waals surface area contributed by atoms with Crippen LogP contribution in [0.1, 0.15) is 13.3 Å². The Bertz CT molecular complexity index is 413. The van der Waals surface area contributed by atoms with Crippen molar-refractivity contribution in [1.82, 2.24) is 0 Å². The first-order chi connectivity index (χ1) is 7.12. The maximum absolute atomic E-state index is 11.5. The van der Waals surface area contributed by atoms with E-state index in [0.29, 0.717) is 5.78 Å². The van der Waals surface area contributed by atoms with Crippen molar-refractivity contribution >= 4 is 31.7 Å². The second-order valence-electron chi connectivity index (χ2n) is 4.25. The van der Waals surface area contributed by atoms with Gasteiger partial charge in [0.2, 0.25) is 0 Å². The van der Waals surface area contributed by atoms with Crippen molar-refractivity contribution in [3.63, 3.8) is 0 Å². The monoisotopic (exact) mass is 286 g/mol. The molecule has 0 unspecified atom stereocenters. The summed E-state index contributed by atoms with van der Waals surface area (Å²) in [5.41, 5.74) is -1.16. The molecule has 1 aromatic carbocycles. The van der Waals surface area contributed by atoms with E-state index in [4.69, 9.17) is 0 Å². The molecule has 3 heteroatoms. The second-order valence-corrected chi connectivity index (χ2v) is 11.8. The van der Waals surface area contributed by atoms with Gasteiger partial charge in [0.1, 0.15) is 0 Å². The summed E-state index contributed by atoms with van der Waals surface area (Å²) in [6.07, 6.45) is 2.87. The summed E-state index contributed by atoms with van der Waals surface area (Å²) in [6.45, 7) is 2.07. The van der Waals surface area contributed by atoms with E-state index in [-0.39, 0.29) is 5.92 Å². The Morgan fingerprint density at radius 3 is 2.60 bits per heavy atom. The number of carbonyl (C=O) groups is 1. The number of benzene rings is 1. The van der Waals surface area contributed by atoms with Crippen molar-refractivity contribution in [1.29, 1.82) is 0 Å². The molecule has 1 saturated heterocycles.